The number of benzene rings is 1. The van der Waals surface area contributed by atoms with Crippen LogP contribution in [0.25, 0.3) is 0 Å². The Bertz CT molecular complexity index is 848. The number of fused-ring (bicyclic) bond motifs is 2. The monoisotopic (exact) mass is 323 g/mol. The number of carbonyl (C=O) groups excluding carboxylic acids is 2. The van der Waals surface area contributed by atoms with Crippen LogP contribution < -0.4 is 21.3 Å². The molecule has 0 fully saturated rings. The fourth-order valence-corrected chi connectivity index (χ4v) is 2.99. The maximum atomic E-state index is 12.2. The zero-order chi connectivity index (χ0) is 16.9. The molecule has 4 N–H and O–H groups in total. The van der Waals surface area contributed by atoms with E-state index in [0.717, 1.165) is 22.6 Å². The van der Waals surface area contributed by atoms with Gasteiger partial charge >= 0.3 is 0 Å². The highest BCUT2D eigenvalue weighted by Gasteiger charge is 2.39. The maximum absolute atomic E-state index is 12.2. The summed E-state index contributed by atoms with van der Waals surface area (Å²) in [4.78, 5) is 28.2. The Labute approximate surface area is 138 Å². The molecule has 122 valence electrons. The van der Waals surface area contributed by atoms with E-state index in [-0.39, 0.29) is 11.8 Å². The van der Waals surface area contributed by atoms with Crippen LogP contribution in [0.1, 0.15) is 29.8 Å². The average molecular weight is 323 g/mol. The minimum Gasteiger partial charge on any atom is -0.347 e. The van der Waals surface area contributed by atoms with E-state index in [1.807, 2.05) is 26.0 Å². The highest BCUT2D eigenvalue weighted by Crippen LogP contribution is 2.43. The van der Waals surface area contributed by atoms with Gasteiger partial charge in [-0.1, -0.05) is 0 Å². The van der Waals surface area contributed by atoms with E-state index in [0.29, 0.717) is 5.56 Å². The number of carbonyl (C=O) groups is 2. The fourth-order valence-electron chi connectivity index (χ4n) is 2.99. The van der Waals surface area contributed by atoms with E-state index in [4.69, 9.17) is 0 Å². The molecule has 3 heterocycles. The lowest BCUT2D eigenvalue weighted by atomic mass is 9.86. The lowest BCUT2D eigenvalue weighted by Crippen LogP contribution is -2.42. The second-order valence-electron chi connectivity index (χ2n) is 6.46. The van der Waals surface area contributed by atoms with Gasteiger partial charge in [-0.2, -0.15) is 0 Å². The van der Waals surface area contributed by atoms with Crippen LogP contribution in [0.2, 0.25) is 0 Å². The van der Waals surface area contributed by atoms with Crippen LogP contribution in [0, 0.1) is 0 Å². The van der Waals surface area contributed by atoms with Crippen molar-refractivity contribution in [3.63, 3.8) is 0 Å². The molecule has 1 atom stereocenters. The molecule has 2 aromatic rings. The molecule has 2 aliphatic heterocycles. The van der Waals surface area contributed by atoms with Crippen molar-refractivity contribution in [1.82, 2.24) is 10.3 Å². The third-order valence-electron chi connectivity index (χ3n) is 4.45. The molecule has 0 spiro atoms. The van der Waals surface area contributed by atoms with Gasteiger partial charge in [-0.25, -0.2) is 0 Å². The number of anilines is 3. The molecule has 2 aliphatic rings. The standard InChI is InChI=1S/C17H17N5O2/c1-17(2)10-6-12-13(7-11(10)19-15(17)24)21-16(20-12)22-14(23)9-4-3-5-18-8-9/h3-8,16,20-21H,1-2H3,(H,19,24)(H,22,23). The smallest absolute Gasteiger partial charge is 0.255 e. The first kappa shape index (κ1) is 14.5. The van der Waals surface area contributed by atoms with E-state index in [1.54, 1.807) is 18.3 Å². The first-order valence-corrected chi connectivity index (χ1v) is 7.69. The number of amides is 2. The Balaban J connectivity index is 1.54. The maximum Gasteiger partial charge on any atom is 0.255 e. The third-order valence-corrected chi connectivity index (χ3v) is 4.45. The number of hydrogen-bond donors (Lipinski definition) is 4. The minimum atomic E-state index is -0.566. The third kappa shape index (κ3) is 2.17. The lowest BCUT2D eigenvalue weighted by molar-refractivity contribution is -0.119. The van der Waals surface area contributed by atoms with Crippen molar-refractivity contribution < 1.29 is 9.59 Å². The van der Waals surface area contributed by atoms with E-state index >= 15 is 0 Å². The molecule has 0 bridgehead atoms. The summed E-state index contributed by atoms with van der Waals surface area (Å²) in [6.45, 7) is 3.79. The van der Waals surface area contributed by atoms with Crippen molar-refractivity contribution in [2.24, 2.45) is 0 Å². The summed E-state index contributed by atoms with van der Waals surface area (Å²) >= 11 is 0. The lowest BCUT2D eigenvalue weighted by Gasteiger charge is -2.16. The molecule has 1 aromatic carbocycles. The summed E-state index contributed by atoms with van der Waals surface area (Å²) in [5.74, 6) is -0.232. The molecule has 0 saturated heterocycles. The second-order valence-corrected chi connectivity index (χ2v) is 6.46. The molecule has 7 heteroatoms. The van der Waals surface area contributed by atoms with Gasteiger partial charge in [-0.15, -0.1) is 0 Å². The first-order valence-electron chi connectivity index (χ1n) is 7.69. The zero-order valence-corrected chi connectivity index (χ0v) is 13.3. The van der Waals surface area contributed by atoms with Gasteiger partial charge < -0.3 is 21.3 Å². The Kier molecular flexibility index (Phi) is 2.99. The van der Waals surface area contributed by atoms with Crippen LogP contribution >= 0.6 is 0 Å². The van der Waals surface area contributed by atoms with Gasteiger partial charge in [-0.3, -0.25) is 14.6 Å². The van der Waals surface area contributed by atoms with Crippen LogP contribution in [0.15, 0.2) is 36.7 Å². The summed E-state index contributed by atoms with van der Waals surface area (Å²) in [5, 5.41) is 12.2. The number of hydrogen-bond acceptors (Lipinski definition) is 5. The van der Waals surface area contributed by atoms with Crippen molar-refractivity contribution in [3.05, 3.63) is 47.8 Å². The molecule has 24 heavy (non-hydrogen) atoms. The number of rotatable bonds is 2. The normalized spacial score (nSPS) is 19.6. The summed E-state index contributed by atoms with van der Waals surface area (Å²) in [7, 11) is 0. The molecule has 0 saturated carbocycles. The molecule has 7 nitrogen and oxygen atoms in total. The SMILES string of the molecule is CC1(C)C(=O)Nc2cc3c(cc21)NC(NC(=O)c1cccnc1)N3. The van der Waals surface area contributed by atoms with Crippen LogP contribution in [0.5, 0.6) is 0 Å². The quantitative estimate of drug-likeness (QED) is 0.677. The van der Waals surface area contributed by atoms with Crippen molar-refractivity contribution >= 4 is 28.9 Å². The van der Waals surface area contributed by atoms with Crippen molar-refractivity contribution in [3.8, 4) is 0 Å². The second kappa shape index (κ2) is 4.95. The Morgan fingerprint density at radius 1 is 1.21 bits per heavy atom. The highest BCUT2D eigenvalue weighted by atomic mass is 16.2. The van der Waals surface area contributed by atoms with E-state index in [2.05, 4.69) is 26.3 Å². The molecular weight excluding hydrogens is 306 g/mol. The van der Waals surface area contributed by atoms with Gasteiger partial charge in [0, 0.05) is 18.1 Å². The van der Waals surface area contributed by atoms with Gasteiger partial charge in [0.15, 0.2) is 6.29 Å². The van der Waals surface area contributed by atoms with Crippen LogP contribution in [-0.2, 0) is 10.2 Å². The molecular formula is C17H17N5O2. The number of aromatic nitrogens is 1. The summed E-state index contributed by atoms with van der Waals surface area (Å²) in [5.41, 5.74) is 3.37. The van der Waals surface area contributed by atoms with Crippen LogP contribution in [0.3, 0.4) is 0 Å². The topological polar surface area (TPSA) is 95.2 Å². The zero-order valence-electron chi connectivity index (χ0n) is 13.3. The summed E-state index contributed by atoms with van der Waals surface area (Å²) < 4.78 is 0. The van der Waals surface area contributed by atoms with Crippen LogP contribution in [0.4, 0.5) is 17.1 Å². The van der Waals surface area contributed by atoms with Gasteiger partial charge in [-0.05, 0) is 43.7 Å². The Morgan fingerprint density at radius 2 is 1.96 bits per heavy atom. The number of pyridine rings is 1. The predicted octanol–water partition coefficient (Wildman–Crippen LogP) is 1.86. The summed E-state index contributed by atoms with van der Waals surface area (Å²) in [6, 6.07) is 7.26. The molecule has 2 amide bonds. The Hall–Kier alpha value is -3.09. The van der Waals surface area contributed by atoms with Crippen molar-refractivity contribution in [2.75, 3.05) is 16.0 Å². The number of nitrogens with zero attached hydrogens (tertiary/aromatic N) is 1. The Morgan fingerprint density at radius 3 is 2.67 bits per heavy atom. The van der Waals surface area contributed by atoms with E-state index in [9.17, 15) is 9.59 Å². The van der Waals surface area contributed by atoms with Gasteiger partial charge in [0.2, 0.25) is 5.91 Å². The molecule has 1 unspecified atom stereocenters. The predicted molar refractivity (Wildman–Crippen MR) is 90.8 cm³/mol. The van der Waals surface area contributed by atoms with E-state index in [1.165, 1.54) is 6.20 Å². The number of nitrogens with one attached hydrogen (secondary N) is 4. The fraction of sp³-hybridized carbons (Fsp3) is 0.235. The summed E-state index contributed by atoms with van der Waals surface area (Å²) in [6.07, 6.45) is 2.72. The van der Waals surface area contributed by atoms with Gasteiger partial charge in [0.25, 0.3) is 5.91 Å². The van der Waals surface area contributed by atoms with Crippen molar-refractivity contribution in [2.45, 2.75) is 25.6 Å². The van der Waals surface area contributed by atoms with Crippen molar-refractivity contribution in [1.29, 1.82) is 0 Å². The minimum absolute atomic E-state index is 0.0115. The van der Waals surface area contributed by atoms with Crippen LogP contribution in [-0.4, -0.2) is 23.1 Å². The highest BCUT2D eigenvalue weighted by molar-refractivity contribution is 6.07. The van der Waals surface area contributed by atoms with Gasteiger partial charge in [0.1, 0.15) is 0 Å². The largest absolute Gasteiger partial charge is 0.347 e. The molecule has 0 radical (unpaired) electrons. The molecule has 0 aliphatic carbocycles. The van der Waals surface area contributed by atoms with Gasteiger partial charge in [0.05, 0.1) is 22.4 Å². The van der Waals surface area contributed by atoms with E-state index < -0.39 is 11.7 Å². The first-order chi connectivity index (χ1) is 11.4. The molecule has 4 rings (SSSR count). The average Bonchev–Trinajstić information content (AvgIpc) is 3.04. The molecule has 1 aromatic heterocycles.